The summed E-state index contributed by atoms with van der Waals surface area (Å²) in [7, 11) is 1.93. The Bertz CT molecular complexity index is 611. The number of nitrogens with zero attached hydrogens (tertiary/aromatic N) is 1. The highest BCUT2D eigenvalue weighted by Gasteiger charge is 2.34. The second kappa shape index (κ2) is 4.58. The summed E-state index contributed by atoms with van der Waals surface area (Å²) in [6, 6.07) is 2.36. The van der Waals surface area contributed by atoms with E-state index in [0.29, 0.717) is 29.0 Å². The van der Waals surface area contributed by atoms with E-state index in [2.05, 4.69) is 4.90 Å². The summed E-state index contributed by atoms with van der Waals surface area (Å²) in [5.41, 5.74) is 6.44. The van der Waals surface area contributed by atoms with Crippen LogP contribution in [0.4, 0.5) is 8.78 Å². The number of fused-ring (bicyclic) bond motifs is 1. The minimum Gasteiger partial charge on any atom is -0.464 e. The van der Waals surface area contributed by atoms with Crippen LogP contribution in [0.2, 0.25) is 0 Å². The van der Waals surface area contributed by atoms with Gasteiger partial charge in [0.25, 0.3) is 0 Å². The van der Waals surface area contributed by atoms with Crippen LogP contribution in [0.5, 0.6) is 0 Å². The van der Waals surface area contributed by atoms with E-state index >= 15 is 0 Å². The minimum atomic E-state index is -0.582. The maximum absolute atomic E-state index is 14.2. The molecule has 2 unspecified atom stereocenters. The molecule has 0 aliphatic carbocycles. The van der Waals surface area contributed by atoms with Crippen LogP contribution >= 0.6 is 0 Å². The molecule has 2 aromatic rings. The molecule has 2 atom stereocenters. The Kier molecular flexibility index (Phi) is 3.03. The first kappa shape index (κ1) is 12.6. The molecule has 1 fully saturated rings. The summed E-state index contributed by atoms with van der Waals surface area (Å²) in [6.45, 7) is 1.39. The Labute approximate surface area is 110 Å². The highest BCUT2D eigenvalue weighted by Crippen LogP contribution is 2.39. The highest BCUT2D eigenvalue weighted by molar-refractivity contribution is 5.81. The van der Waals surface area contributed by atoms with Gasteiger partial charge in [-0.3, -0.25) is 4.90 Å². The van der Waals surface area contributed by atoms with Gasteiger partial charge in [0.2, 0.25) is 0 Å². The molecule has 1 aliphatic heterocycles. The number of furan rings is 1. The maximum Gasteiger partial charge on any atom is 0.144 e. The van der Waals surface area contributed by atoms with Crippen molar-refractivity contribution in [2.24, 2.45) is 11.7 Å². The Morgan fingerprint density at radius 1 is 1.42 bits per heavy atom. The number of nitrogens with two attached hydrogens (primary N) is 1. The summed E-state index contributed by atoms with van der Waals surface area (Å²) >= 11 is 0. The van der Waals surface area contributed by atoms with Crippen LogP contribution in [0.15, 0.2) is 22.8 Å². The van der Waals surface area contributed by atoms with Gasteiger partial charge < -0.3 is 10.2 Å². The van der Waals surface area contributed by atoms with Gasteiger partial charge in [-0.05, 0) is 32.0 Å². The van der Waals surface area contributed by atoms with Gasteiger partial charge in [-0.1, -0.05) is 0 Å². The zero-order valence-electron chi connectivity index (χ0n) is 10.7. The summed E-state index contributed by atoms with van der Waals surface area (Å²) in [5, 5.41) is 0.334. The first-order valence-corrected chi connectivity index (χ1v) is 6.37. The van der Waals surface area contributed by atoms with Crippen LogP contribution in [-0.2, 0) is 0 Å². The zero-order chi connectivity index (χ0) is 13.6. The van der Waals surface area contributed by atoms with E-state index in [1.807, 2.05) is 7.05 Å². The van der Waals surface area contributed by atoms with Crippen LogP contribution in [0.3, 0.4) is 0 Å². The van der Waals surface area contributed by atoms with E-state index in [0.717, 1.165) is 19.0 Å². The Morgan fingerprint density at radius 3 is 2.89 bits per heavy atom. The molecule has 1 aromatic heterocycles. The molecule has 5 heteroatoms. The van der Waals surface area contributed by atoms with E-state index in [1.54, 1.807) is 0 Å². The molecule has 1 aromatic carbocycles. The first-order valence-electron chi connectivity index (χ1n) is 6.37. The average molecular weight is 266 g/mol. The summed E-state index contributed by atoms with van der Waals surface area (Å²) in [5.74, 6) is -0.792. The van der Waals surface area contributed by atoms with Gasteiger partial charge in [-0.25, -0.2) is 8.78 Å². The standard InChI is InChI=1S/C14H16F2N2O/c1-18-7-8(6-17)4-12(18)13-11(16)5-10(15)9-2-3-19-14(9)13/h2-3,5,8,12H,4,6-7,17H2,1H3. The number of hydrogen-bond acceptors (Lipinski definition) is 3. The fourth-order valence-corrected chi connectivity index (χ4v) is 3.01. The monoisotopic (exact) mass is 266 g/mol. The summed E-state index contributed by atoms with van der Waals surface area (Å²) in [4.78, 5) is 2.05. The molecule has 19 heavy (non-hydrogen) atoms. The second-order valence-corrected chi connectivity index (χ2v) is 5.21. The van der Waals surface area contributed by atoms with Crippen molar-refractivity contribution in [3.8, 4) is 0 Å². The van der Waals surface area contributed by atoms with Gasteiger partial charge in [0.05, 0.1) is 11.6 Å². The molecule has 102 valence electrons. The number of likely N-dealkylation sites (tertiary alicyclic amines) is 1. The topological polar surface area (TPSA) is 42.4 Å². The highest BCUT2D eigenvalue weighted by atomic mass is 19.1. The predicted molar refractivity (Wildman–Crippen MR) is 68.7 cm³/mol. The smallest absolute Gasteiger partial charge is 0.144 e. The molecule has 0 spiro atoms. The molecule has 3 nitrogen and oxygen atoms in total. The fraction of sp³-hybridized carbons (Fsp3) is 0.429. The molecule has 1 saturated heterocycles. The van der Waals surface area contributed by atoms with E-state index in [1.165, 1.54) is 12.3 Å². The third kappa shape index (κ3) is 1.93. The van der Waals surface area contributed by atoms with Crippen molar-refractivity contribution < 1.29 is 13.2 Å². The first-order chi connectivity index (χ1) is 9.11. The van der Waals surface area contributed by atoms with Gasteiger partial charge in [0.1, 0.15) is 17.2 Å². The molecule has 1 aliphatic rings. The van der Waals surface area contributed by atoms with Crippen LogP contribution in [0.1, 0.15) is 18.0 Å². The average Bonchev–Trinajstić information content (AvgIpc) is 2.97. The van der Waals surface area contributed by atoms with Gasteiger partial charge in [-0.15, -0.1) is 0 Å². The number of hydrogen-bond donors (Lipinski definition) is 1. The van der Waals surface area contributed by atoms with Gasteiger partial charge in [0, 0.05) is 24.2 Å². The largest absolute Gasteiger partial charge is 0.464 e. The van der Waals surface area contributed by atoms with Crippen LogP contribution in [0.25, 0.3) is 11.0 Å². The van der Waals surface area contributed by atoms with Crippen molar-refractivity contribution in [2.75, 3.05) is 20.1 Å². The number of benzene rings is 1. The molecule has 3 rings (SSSR count). The van der Waals surface area contributed by atoms with E-state index in [-0.39, 0.29) is 6.04 Å². The van der Waals surface area contributed by atoms with Gasteiger partial charge >= 0.3 is 0 Å². The van der Waals surface area contributed by atoms with Crippen molar-refractivity contribution in [1.82, 2.24) is 4.90 Å². The second-order valence-electron chi connectivity index (χ2n) is 5.21. The molecular weight excluding hydrogens is 250 g/mol. The zero-order valence-corrected chi connectivity index (χ0v) is 10.7. The van der Waals surface area contributed by atoms with Crippen LogP contribution in [0, 0.1) is 17.6 Å². The SMILES string of the molecule is CN1CC(CN)CC1c1c(F)cc(F)c2ccoc12. The van der Waals surface area contributed by atoms with E-state index in [9.17, 15) is 8.78 Å². The Hall–Kier alpha value is -1.46. The third-order valence-corrected chi connectivity index (χ3v) is 3.98. The lowest BCUT2D eigenvalue weighted by Gasteiger charge is -2.20. The lowest BCUT2D eigenvalue weighted by molar-refractivity contribution is 0.306. The summed E-state index contributed by atoms with van der Waals surface area (Å²) < 4.78 is 33.1. The van der Waals surface area contributed by atoms with Gasteiger partial charge in [0.15, 0.2) is 0 Å². The number of halogens is 2. The molecule has 0 bridgehead atoms. The van der Waals surface area contributed by atoms with Gasteiger partial charge in [-0.2, -0.15) is 0 Å². The van der Waals surface area contributed by atoms with Crippen LogP contribution < -0.4 is 5.73 Å². The molecule has 2 N–H and O–H groups in total. The third-order valence-electron chi connectivity index (χ3n) is 3.98. The van der Waals surface area contributed by atoms with Crippen molar-refractivity contribution in [1.29, 1.82) is 0 Å². The molecular formula is C14H16F2N2O. The minimum absolute atomic E-state index is 0.109. The lowest BCUT2D eigenvalue weighted by atomic mass is 9.98. The molecule has 0 saturated carbocycles. The Morgan fingerprint density at radius 2 is 2.21 bits per heavy atom. The summed E-state index contributed by atoms with van der Waals surface area (Å²) in [6.07, 6.45) is 2.16. The molecule has 2 heterocycles. The lowest BCUT2D eigenvalue weighted by Crippen LogP contribution is -2.21. The quantitative estimate of drug-likeness (QED) is 0.908. The fourth-order valence-electron chi connectivity index (χ4n) is 3.01. The van der Waals surface area contributed by atoms with Crippen LogP contribution in [-0.4, -0.2) is 25.0 Å². The molecule has 0 amide bonds. The van der Waals surface area contributed by atoms with E-state index < -0.39 is 11.6 Å². The predicted octanol–water partition coefficient (Wildman–Crippen LogP) is 2.66. The van der Waals surface area contributed by atoms with Crippen molar-refractivity contribution in [2.45, 2.75) is 12.5 Å². The maximum atomic E-state index is 14.2. The van der Waals surface area contributed by atoms with Crippen molar-refractivity contribution >= 4 is 11.0 Å². The van der Waals surface area contributed by atoms with E-state index in [4.69, 9.17) is 10.2 Å². The Balaban J connectivity index is 2.12. The number of rotatable bonds is 2. The van der Waals surface area contributed by atoms with Crippen molar-refractivity contribution in [3.05, 3.63) is 35.6 Å². The molecule has 0 radical (unpaired) electrons. The normalized spacial score (nSPS) is 24.4. The van der Waals surface area contributed by atoms with Crippen molar-refractivity contribution in [3.63, 3.8) is 0 Å².